The number of anilines is 2. The van der Waals surface area contributed by atoms with Gasteiger partial charge in [0.1, 0.15) is 0 Å². The van der Waals surface area contributed by atoms with E-state index in [0.29, 0.717) is 12.2 Å². The van der Waals surface area contributed by atoms with Gasteiger partial charge in [-0.1, -0.05) is 0 Å². The van der Waals surface area contributed by atoms with E-state index < -0.39 is 11.7 Å². The summed E-state index contributed by atoms with van der Waals surface area (Å²) in [6.45, 7) is 2.07. The number of alkyl halides is 3. The zero-order chi connectivity index (χ0) is 16.9. The fourth-order valence-electron chi connectivity index (χ4n) is 2.67. The van der Waals surface area contributed by atoms with Gasteiger partial charge in [0.25, 0.3) is 0 Å². The molecule has 4 nitrogen and oxygen atoms in total. The molecule has 1 heterocycles. The Morgan fingerprint density at radius 2 is 1.91 bits per heavy atom. The van der Waals surface area contributed by atoms with Crippen LogP contribution >= 0.6 is 0 Å². The summed E-state index contributed by atoms with van der Waals surface area (Å²) < 4.78 is 38.8. The molecule has 2 rings (SSSR count). The van der Waals surface area contributed by atoms with Gasteiger partial charge < -0.3 is 15.5 Å². The molecule has 0 spiro atoms. The van der Waals surface area contributed by atoms with Crippen molar-refractivity contribution < 1.29 is 18.0 Å². The van der Waals surface area contributed by atoms with Crippen molar-refractivity contribution in [2.24, 2.45) is 0 Å². The molecule has 1 aromatic carbocycles. The average molecular weight is 329 g/mol. The van der Waals surface area contributed by atoms with Crippen LogP contribution in [-0.4, -0.2) is 32.6 Å². The second-order valence-corrected chi connectivity index (χ2v) is 5.68. The maximum absolute atomic E-state index is 12.9. The van der Waals surface area contributed by atoms with E-state index in [1.165, 1.54) is 6.07 Å². The predicted octanol–water partition coefficient (Wildman–Crippen LogP) is 3.24. The second-order valence-electron chi connectivity index (χ2n) is 5.68. The third-order valence-electron chi connectivity index (χ3n) is 3.90. The van der Waals surface area contributed by atoms with E-state index in [2.05, 4.69) is 10.6 Å². The molecule has 1 saturated heterocycles. The Bertz CT molecular complexity index is 540. The third kappa shape index (κ3) is 4.86. The first kappa shape index (κ1) is 17.6. The SMILES string of the molecule is CNCCC(=O)Nc1cc(C(F)(F)F)ccc1N1CCCCC1. The van der Waals surface area contributed by atoms with E-state index in [1.54, 1.807) is 7.05 Å². The molecule has 7 heteroatoms. The van der Waals surface area contributed by atoms with Crippen LogP contribution < -0.4 is 15.5 Å². The summed E-state index contributed by atoms with van der Waals surface area (Å²) in [4.78, 5) is 14.0. The van der Waals surface area contributed by atoms with Crippen molar-refractivity contribution in [1.82, 2.24) is 5.32 Å². The summed E-state index contributed by atoms with van der Waals surface area (Å²) in [5.74, 6) is -0.295. The molecule has 0 radical (unpaired) electrons. The number of halogens is 3. The van der Waals surface area contributed by atoms with Gasteiger partial charge in [-0.3, -0.25) is 4.79 Å². The standard InChI is InChI=1S/C16H22F3N3O/c1-20-8-7-15(23)21-13-11-12(16(17,18)19)5-6-14(13)22-9-3-2-4-10-22/h5-6,11,20H,2-4,7-10H2,1H3,(H,21,23). The number of rotatable bonds is 5. The molecule has 1 aliphatic rings. The van der Waals surface area contributed by atoms with Crippen LogP contribution in [0.2, 0.25) is 0 Å². The smallest absolute Gasteiger partial charge is 0.370 e. The largest absolute Gasteiger partial charge is 0.416 e. The van der Waals surface area contributed by atoms with Gasteiger partial charge in [0.05, 0.1) is 16.9 Å². The summed E-state index contributed by atoms with van der Waals surface area (Å²) in [6, 6.07) is 3.57. The van der Waals surface area contributed by atoms with Crippen molar-refractivity contribution in [2.75, 3.05) is 36.9 Å². The van der Waals surface area contributed by atoms with E-state index in [4.69, 9.17) is 0 Å². The molecule has 1 amide bonds. The molecular weight excluding hydrogens is 307 g/mol. The molecule has 0 unspecified atom stereocenters. The van der Waals surface area contributed by atoms with E-state index >= 15 is 0 Å². The molecule has 1 aliphatic heterocycles. The minimum Gasteiger partial charge on any atom is -0.370 e. The van der Waals surface area contributed by atoms with E-state index in [0.717, 1.165) is 44.5 Å². The van der Waals surface area contributed by atoms with Crippen molar-refractivity contribution in [2.45, 2.75) is 31.9 Å². The van der Waals surface area contributed by atoms with Gasteiger partial charge in [0.2, 0.25) is 5.91 Å². The summed E-state index contributed by atoms with van der Waals surface area (Å²) in [7, 11) is 1.72. The van der Waals surface area contributed by atoms with Gasteiger partial charge in [-0.2, -0.15) is 13.2 Å². The number of piperidine rings is 1. The number of carbonyl (C=O) groups excluding carboxylic acids is 1. The molecule has 23 heavy (non-hydrogen) atoms. The van der Waals surface area contributed by atoms with Crippen LogP contribution in [0.5, 0.6) is 0 Å². The molecule has 128 valence electrons. The first-order chi connectivity index (χ1) is 10.9. The quantitative estimate of drug-likeness (QED) is 0.872. The lowest BCUT2D eigenvalue weighted by molar-refractivity contribution is -0.137. The number of carbonyl (C=O) groups is 1. The summed E-state index contributed by atoms with van der Waals surface area (Å²) >= 11 is 0. The highest BCUT2D eigenvalue weighted by Gasteiger charge is 2.31. The molecule has 0 aromatic heterocycles. The monoisotopic (exact) mass is 329 g/mol. The second kappa shape index (κ2) is 7.68. The van der Waals surface area contributed by atoms with E-state index in [9.17, 15) is 18.0 Å². The van der Waals surface area contributed by atoms with Gasteiger partial charge >= 0.3 is 6.18 Å². The number of hydrogen-bond acceptors (Lipinski definition) is 3. The molecule has 0 bridgehead atoms. The Hall–Kier alpha value is -1.76. The molecule has 2 N–H and O–H groups in total. The van der Waals surface area contributed by atoms with Gasteiger partial charge in [0, 0.05) is 26.1 Å². The third-order valence-corrected chi connectivity index (χ3v) is 3.90. The lowest BCUT2D eigenvalue weighted by atomic mass is 10.1. The van der Waals surface area contributed by atoms with Gasteiger partial charge in [-0.15, -0.1) is 0 Å². The molecule has 0 aliphatic carbocycles. The Morgan fingerprint density at radius 1 is 1.22 bits per heavy atom. The fourth-order valence-corrected chi connectivity index (χ4v) is 2.67. The minimum absolute atomic E-state index is 0.214. The molecule has 1 fully saturated rings. The van der Waals surface area contributed by atoms with Gasteiger partial charge in [-0.25, -0.2) is 0 Å². The average Bonchev–Trinajstić information content (AvgIpc) is 2.53. The Balaban J connectivity index is 2.27. The minimum atomic E-state index is -4.43. The van der Waals surface area contributed by atoms with Gasteiger partial charge in [0.15, 0.2) is 0 Å². The highest BCUT2D eigenvalue weighted by molar-refractivity contribution is 5.94. The van der Waals surface area contributed by atoms with E-state index in [-0.39, 0.29) is 18.0 Å². The van der Waals surface area contributed by atoms with Crippen LogP contribution in [0.4, 0.5) is 24.5 Å². The topological polar surface area (TPSA) is 44.4 Å². The van der Waals surface area contributed by atoms with Crippen molar-refractivity contribution in [3.8, 4) is 0 Å². The van der Waals surface area contributed by atoms with Crippen molar-refractivity contribution >= 4 is 17.3 Å². The maximum atomic E-state index is 12.9. The lowest BCUT2D eigenvalue weighted by Gasteiger charge is -2.31. The normalized spacial score (nSPS) is 15.6. The highest BCUT2D eigenvalue weighted by Crippen LogP contribution is 2.36. The summed E-state index contributed by atoms with van der Waals surface area (Å²) in [5, 5.41) is 5.48. The lowest BCUT2D eigenvalue weighted by Crippen LogP contribution is -2.30. The molecular formula is C16H22F3N3O. The van der Waals surface area contributed by atoms with Crippen LogP contribution in [-0.2, 0) is 11.0 Å². The molecule has 0 saturated carbocycles. The van der Waals surface area contributed by atoms with Crippen molar-refractivity contribution in [3.05, 3.63) is 23.8 Å². The summed E-state index contributed by atoms with van der Waals surface area (Å²) in [5.41, 5.74) is 0.153. The Morgan fingerprint density at radius 3 is 2.52 bits per heavy atom. The maximum Gasteiger partial charge on any atom is 0.416 e. The number of benzene rings is 1. The number of hydrogen-bond donors (Lipinski definition) is 2. The Labute approximate surface area is 134 Å². The van der Waals surface area contributed by atoms with Crippen LogP contribution in [0.3, 0.4) is 0 Å². The predicted molar refractivity (Wildman–Crippen MR) is 84.7 cm³/mol. The zero-order valence-corrected chi connectivity index (χ0v) is 13.2. The van der Waals surface area contributed by atoms with Crippen LogP contribution in [0, 0.1) is 0 Å². The van der Waals surface area contributed by atoms with Crippen molar-refractivity contribution in [3.63, 3.8) is 0 Å². The van der Waals surface area contributed by atoms with Gasteiger partial charge in [-0.05, 0) is 44.5 Å². The fraction of sp³-hybridized carbons (Fsp3) is 0.562. The number of amides is 1. The number of nitrogens with zero attached hydrogens (tertiary/aromatic N) is 1. The zero-order valence-electron chi connectivity index (χ0n) is 13.2. The van der Waals surface area contributed by atoms with Crippen LogP contribution in [0.1, 0.15) is 31.2 Å². The highest BCUT2D eigenvalue weighted by atomic mass is 19.4. The van der Waals surface area contributed by atoms with E-state index in [1.807, 2.05) is 4.90 Å². The first-order valence-electron chi connectivity index (χ1n) is 7.82. The first-order valence-corrected chi connectivity index (χ1v) is 7.82. The van der Waals surface area contributed by atoms with Crippen molar-refractivity contribution in [1.29, 1.82) is 0 Å². The number of nitrogens with one attached hydrogen (secondary N) is 2. The molecule has 0 atom stereocenters. The van der Waals surface area contributed by atoms with Crippen LogP contribution in [0.15, 0.2) is 18.2 Å². The Kier molecular flexibility index (Phi) is 5.87. The molecule has 1 aromatic rings. The van der Waals surface area contributed by atoms with Crippen LogP contribution in [0.25, 0.3) is 0 Å². The summed E-state index contributed by atoms with van der Waals surface area (Å²) in [6.07, 6.45) is -1.07.